The summed E-state index contributed by atoms with van der Waals surface area (Å²) in [5.74, 6) is -2.80. The van der Waals surface area contributed by atoms with Crippen LogP contribution in [0.1, 0.15) is 51.9 Å². The van der Waals surface area contributed by atoms with Crippen molar-refractivity contribution < 1.29 is 19.1 Å². The van der Waals surface area contributed by atoms with Crippen molar-refractivity contribution in [2.24, 2.45) is 5.92 Å². The molecule has 1 aliphatic carbocycles. The number of rotatable bonds is 5. The number of carbonyl (C=O) groups excluding carboxylic acids is 2. The number of esters is 2. The van der Waals surface area contributed by atoms with Crippen LogP contribution in [-0.2, 0) is 19.1 Å². The van der Waals surface area contributed by atoms with Crippen LogP contribution in [0.2, 0.25) is 0 Å². The van der Waals surface area contributed by atoms with E-state index in [4.69, 9.17) is 20.0 Å². The first-order chi connectivity index (χ1) is 9.57. The molecule has 0 bridgehead atoms. The van der Waals surface area contributed by atoms with E-state index < -0.39 is 17.7 Å². The Kier molecular flexibility index (Phi) is 5.99. The molecule has 6 heteroatoms. The molecule has 108 valence electrons. The standard InChI is InChI=1S/C14H18N2O4/c1-2-11-5-3-4-8-14(11,19-12(17)6-9-15)20-13(18)7-10-16/h11H,2-8H2,1H3. The van der Waals surface area contributed by atoms with E-state index >= 15 is 0 Å². The van der Waals surface area contributed by atoms with Gasteiger partial charge in [0.05, 0.1) is 12.1 Å². The van der Waals surface area contributed by atoms with E-state index in [0.717, 1.165) is 19.3 Å². The van der Waals surface area contributed by atoms with Gasteiger partial charge < -0.3 is 9.47 Å². The summed E-state index contributed by atoms with van der Waals surface area (Å²) >= 11 is 0. The number of hydrogen-bond acceptors (Lipinski definition) is 6. The largest absolute Gasteiger partial charge is 0.421 e. The topological polar surface area (TPSA) is 100 Å². The van der Waals surface area contributed by atoms with Crippen LogP contribution < -0.4 is 0 Å². The van der Waals surface area contributed by atoms with Gasteiger partial charge in [-0.15, -0.1) is 0 Å². The number of ether oxygens (including phenoxy) is 2. The van der Waals surface area contributed by atoms with Crippen LogP contribution in [0.4, 0.5) is 0 Å². The molecule has 1 fully saturated rings. The molecule has 0 saturated heterocycles. The molecule has 6 nitrogen and oxygen atoms in total. The first-order valence-electron chi connectivity index (χ1n) is 6.75. The van der Waals surface area contributed by atoms with Gasteiger partial charge in [-0.1, -0.05) is 13.3 Å². The molecular weight excluding hydrogens is 260 g/mol. The minimum absolute atomic E-state index is 0.0958. The summed E-state index contributed by atoms with van der Waals surface area (Å²) in [5.41, 5.74) is 0. The van der Waals surface area contributed by atoms with Crippen LogP contribution in [0.15, 0.2) is 0 Å². The predicted molar refractivity (Wildman–Crippen MR) is 67.6 cm³/mol. The molecule has 0 radical (unpaired) electrons. The Morgan fingerprint density at radius 1 is 1.15 bits per heavy atom. The Labute approximate surface area is 118 Å². The Morgan fingerprint density at radius 3 is 2.15 bits per heavy atom. The second-order valence-corrected chi connectivity index (χ2v) is 4.78. The molecule has 0 aliphatic heterocycles. The first kappa shape index (κ1) is 16.0. The summed E-state index contributed by atoms with van der Waals surface area (Å²) in [4.78, 5) is 23.2. The first-order valence-corrected chi connectivity index (χ1v) is 6.75. The van der Waals surface area contributed by atoms with E-state index in [9.17, 15) is 9.59 Å². The van der Waals surface area contributed by atoms with Crippen LogP contribution in [0.5, 0.6) is 0 Å². The highest BCUT2D eigenvalue weighted by Crippen LogP contribution is 2.40. The fraction of sp³-hybridized carbons (Fsp3) is 0.714. The predicted octanol–water partition coefficient (Wildman–Crippen LogP) is 2.20. The Hall–Kier alpha value is -2.08. The monoisotopic (exact) mass is 278 g/mol. The van der Waals surface area contributed by atoms with Crippen molar-refractivity contribution in [2.75, 3.05) is 0 Å². The molecule has 1 aliphatic rings. The molecule has 1 saturated carbocycles. The van der Waals surface area contributed by atoms with E-state index in [1.165, 1.54) is 0 Å². The van der Waals surface area contributed by atoms with Crippen molar-refractivity contribution in [3.63, 3.8) is 0 Å². The van der Waals surface area contributed by atoms with E-state index in [0.29, 0.717) is 12.8 Å². The van der Waals surface area contributed by atoms with Crippen LogP contribution in [0, 0.1) is 28.6 Å². The average molecular weight is 278 g/mol. The molecule has 0 aromatic carbocycles. The lowest BCUT2D eigenvalue weighted by molar-refractivity contribution is -0.257. The Balaban J connectivity index is 2.92. The van der Waals surface area contributed by atoms with Crippen molar-refractivity contribution in [1.82, 2.24) is 0 Å². The normalized spacial score (nSPS) is 20.2. The van der Waals surface area contributed by atoms with E-state index in [1.807, 2.05) is 6.92 Å². The van der Waals surface area contributed by atoms with Crippen molar-refractivity contribution in [3.05, 3.63) is 0 Å². The molecule has 0 spiro atoms. The van der Waals surface area contributed by atoms with Crippen LogP contribution in [-0.4, -0.2) is 17.7 Å². The molecule has 1 unspecified atom stereocenters. The summed E-state index contributed by atoms with van der Waals surface area (Å²) < 4.78 is 10.7. The van der Waals surface area contributed by atoms with Crippen molar-refractivity contribution in [1.29, 1.82) is 10.5 Å². The van der Waals surface area contributed by atoms with Gasteiger partial charge in [0, 0.05) is 12.3 Å². The smallest absolute Gasteiger partial charge is 0.323 e. The fourth-order valence-electron chi connectivity index (χ4n) is 2.58. The summed E-state index contributed by atoms with van der Waals surface area (Å²) in [6.45, 7) is 1.93. The van der Waals surface area contributed by atoms with Crippen LogP contribution in [0.25, 0.3) is 0 Å². The molecule has 0 N–H and O–H groups in total. The Morgan fingerprint density at radius 2 is 1.70 bits per heavy atom. The molecule has 20 heavy (non-hydrogen) atoms. The number of nitrogens with zero attached hydrogens (tertiary/aromatic N) is 2. The molecule has 1 atom stereocenters. The van der Waals surface area contributed by atoms with E-state index in [1.54, 1.807) is 12.1 Å². The summed E-state index contributed by atoms with van der Waals surface area (Å²) in [7, 11) is 0. The molecule has 0 heterocycles. The molecule has 1 rings (SSSR count). The third-order valence-electron chi connectivity index (χ3n) is 3.46. The molecular formula is C14H18N2O4. The number of hydrogen-bond donors (Lipinski definition) is 0. The van der Waals surface area contributed by atoms with Gasteiger partial charge in [-0.2, -0.15) is 10.5 Å². The van der Waals surface area contributed by atoms with Gasteiger partial charge in [-0.25, -0.2) is 0 Å². The lowest BCUT2D eigenvalue weighted by atomic mass is 9.81. The lowest BCUT2D eigenvalue weighted by Gasteiger charge is -2.41. The molecule has 0 amide bonds. The number of carbonyl (C=O) groups is 2. The SMILES string of the molecule is CCC1CCCCC1(OC(=O)CC#N)OC(=O)CC#N. The van der Waals surface area contributed by atoms with Crippen molar-refractivity contribution >= 4 is 11.9 Å². The van der Waals surface area contributed by atoms with Crippen LogP contribution in [0.3, 0.4) is 0 Å². The highest BCUT2D eigenvalue weighted by molar-refractivity contribution is 5.74. The van der Waals surface area contributed by atoms with Crippen LogP contribution >= 0.6 is 0 Å². The molecule has 0 aromatic rings. The van der Waals surface area contributed by atoms with Gasteiger partial charge in [0.1, 0.15) is 12.8 Å². The highest BCUT2D eigenvalue weighted by atomic mass is 16.7. The summed E-state index contributed by atoms with van der Waals surface area (Å²) in [6.07, 6.45) is 2.89. The van der Waals surface area contributed by atoms with Gasteiger partial charge in [0.2, 0.25) is 0 Å². The maximum absolute atomic E-state index is 11.6. The fourth-order valence-corrected chi connectivity index (χ4v) is 2.58. The van der Waals surface area contributed by atoms with Gasteiger partial charge in [-0.05, 0) is 19.3 Å². The Bertz CT molecular complexity index is 417. The zero-order valence-corrected chi connectivity index (χ0v) is 11.6. The minimum atomic E-state index is -1.31. The maximum Gasteiger partial charge on any atom is 0.323 e. The maximum atomic E-state index is 11.6. The van der Waals surface area contributed by atoms with E-state index in [2.05, 4.69) is 0 Å². The third kappa shape index (κ3) is 3.96. The summed E-state index contributed by atoms with van der Waals surface area (Å²) in [6, 6.07) is 3.44. The second kappa shape index (κ2) is 7.49. The minimum Gasteiger partial charge on any atom is -0.421 e. The third-order valence-corrected chi connectivity index (χ3v) is 3.46. The zero-order chi connectivity index (χ0) is 15.0. The highest BCUT2D eigenvalue weighted by Gasteiger charge is 2.47. The van der Waals surface area contributed by atoms with Crippen molar-refractivity contribution in [2.45, 2.75) is 57.7 Å². The number of nitriles is 2. The lowest BCUT2D eigenvalue weighted by Crippen LogP contribution is -2.48. The second-order valence-electron chi connectivity index (χ2n) is 4.78. The average Bonchev–Trinajstić information content (AvgIpc) is 2.39. The zero-order valence-electron chi connectivity index (χ0n) is 11.6. The van der Waals surface area contributed by atoms with Crippen molar-refractivity contribution in [3.8, 4) is 12.1 Å². The quantitative estimate of drug-likeness (QED) is 0.564. The summed E-state index contributed by atoms with van der Waals surface area (Å²) in [5, 5.41) is 17.1. The van der Waals surface area contributed by atoms with Gasteiger partial charge in [0.15, 0.2) is 0 Å². The van der Waals surface area contributed by atoms with E-state index in [-0.39, 0.29) is 18.8 Å². The molecule has 0 aromatic heterocycles. The van der Waals surface area contributed by atoms with Gasteiger partial charge in [0.25, 0.3) is 5.79 Å². The van der Waals surface area contributed by atoms with Gasteiger partial charge >= 0.3 is 11.9 Å². The van der Waals surface area contributed by atoms with Gasteiger partial charge in [-0.3, -0.25) is 9.59 Å².